The number of rotatable bonds is 4. The smallest absolute Gasteiger partial charge is 0.273 e. The number of carbonyl (C=O) groups excluding carboxylic acids is 1. The molecule has 4 heteroatoms. The Morgan fingerprint density at radius 3 is 2.68 bits per heavy atom. The molecule has 1 amide bonds. The quantitative estimate of drug-likeness (QED) is 0.687. The van der Waals surface area contributed by atoms with E-state index in [-0.39, 0.29) is 11.7 Å². The first-order valence-corrected chi connectivity index (χ1v) is 8.66. The molecule has 1 aromatic heterocycles. The van der Waals surface area contributed by atoms with Gasteiger partial charge in [-0.25, -0.2) is 9.37 Å². The normalized spacial score (nSPS) is 13.5. The van der Waals surface area contributed by atoms with Gasteiger partial charge in [-0.15, -0.1) is 0 Å². The maximum Gasteiger partial charge on any atom is 0.273 e. The topological polar surface area (TPSA) is 33.2 Å². The summed E-state index contributed by atoms with van der Waals surface area (Å²) in [6, 6.07) is 14.4. The Morgan fingerprint density at radius 2 is 1.88 bits per heavy atom. The van der Waals surface area contributed by atoms with E-state index in [1.54, 1.807) is 12.1 Å². The van der Waals surface area contributed by atoms with Gasteiger partial charge in [0, 0.05) is 35.2 Å². The number of benzene rings is 2. The summed E-state index contributed by atoms with van der Waals surface area (Å²) in [6.07, 6.45) is 1.98. The number of halogens is 1. The van der Waals surface area contributed by atoms with Crippen molar-refractivity contribution in [2.75, 3.05) is 6.54 Å². The Bertz CT molecular complexity index is 967. The summed E-state index contributed by atoms with van der Waals surface area (Å²) in [5.41, 5.74) is 3.36. The standard InChI is InChI=1S/C21H19FN2O/c1-2-3-12-24-13-16-19(14-8-4-6-10-17(14)22)15-9-5-7-11-18(15)23-20(16)21(24)25/h4-11H,2-3,12-13H2,1H3. The summed E-state index contributed by atoms with van der Waals surface area (Å²) in [5, 5.41) is 0.886. The number of amides is 1. The fraction of sp³-hybridized carbons (Fsp3) is 0.238. The van der Waals surface area contributed by atoms with E-state index < -0.39 is 0 Å². The molecule has 0 bridgehead atoms. The van der Waals surface area contributed by atoms with E-state index in [1.165, 1.54) is 6.07 Å². The molecule has 0 unspecified atom stereocenters. The van der Waals surface area contributed by atoms with E-state index in [1.807, 2.05) is 35.2 Å². The highest BCUT2D eigenvalue weighted by Gasteiger charge is 2.32. The van der Waals surface area contributed by atoms with Crippen LogP contribution < -0.4 is 0 Å². The molecule has 3 aromatic rings. The fourth-order valence-electron chi connectivity index (χ4n) is 3.50. The van der Waals surface area contributed by atoms with Gasteiger partial charge in [0.05, 0.1) is 5.52 Å². The van der Waals surface area contributed by atoms with Crippen LogP contribution in [0.15, 0.2) is 48.5 Å². The number of fused-ring (bicyclic) bond motifs is 2. The molecule has 25 heavy (non-hydrogen) atoms. The van der Waals surface area contributed by atoms with Gasteiger partial charge in [0.2, 0.25) is 0 Å². The van der Waals surface area contributed by atoms with Crippen molar-refractivity contribution in [3.05, 3.63) is 65.6 Å². The molecule has 4 rings (SSSR count). The summed E-state index contributed by atoms with van der Waals surface area (Å²) < 4.78 is 14.5. The van der Waals surface area contributed by atoms with Crippen molar-refractivity contribution in [3.8, 4) is 11.1 Å². The Morgan fingerprint density at radius 1 is 1.12 bits per heavy atom. The van der Waals surface area contributed by atoms with Crippen LogP contribution in [-0.4, -0.2) is 22.3 Å². The summed E-state index contributed by atoms with van der Waals surface area (Å²) in [5.74, 6) is -0.327. The highest BCUT2D eigenvalue weighted by molar-refractivity contribution is 6.06. The second-order valence-corrected chi connectivity index (χ2v) is 6.39. The van der Waals surface area contributed by atoms with Crippen LogP contribution in [0, 0.1) is 5.82 Å². The highest BCUT2D eigenvalue weighted by atomic mass is 19.1. The van der Waals surface area contributed by atoms with Crippen LogP contribution in [0.4, 0.5) is 4.39 Å². The second kappa shape index (κ2) is 6.28. The number of hydrogen-bond acceptors (Lipinski definition) is 2. The molecule has 3 nitrogen and oxygen atoms in total. The minimum atomic E-state index is -0.277. The molecule has 1 aliphatic heterocycles. The molecular weight excluding hydrogens is 315 g/mol. The Labute approximate surface area is 146 Å². The van der Waals surface area contributed by atoms with Crippen molar-refractivity contribution in [2.45, 2.75) is 26.3 Å². The van der Waals surface area contributed by atoms with Crippen LogP contribution in [0.25, 0.3) is 22.0 Å². The average Bonchev–Trinajstić information content (AvgIpc) is 2.94. The Hall–Kier alpha value is -2.75. The van der Waals surface area contributed by atoms with Crippen molar-refractivity contribution in [2.24, 2.45) is 0 Å². The largest absolute Gasteiger partial charge is 0.333 e. The first kappa shape index (κ1) is 15.8. The minimum Gasteiger partial charge on any atom is -0.333 e. The number of pyridine rings is 1. The Kier molecular flexibility index (Phi) is 3.96. The summed E-state index contributed by atoms with van der Waals surface area (Å²) in [7, 11) is 0. The number of carbonyl (C=O) groups is 1. The molecule has 1 aliphatic rings. The van der Waals surface area contributed by atoms with Crippen LogP contribution in [-0.2, 0) is 6.54 Å². The molecule has 0 spiro atoms. The number of para-hydroxylation sites is 1. The van der Waals surface area contributed by atoms with E-state index in [0.29, 0.717) is 24.3 Å². The first-order chi connectivity index (χ1) is 12.2. The van der Waals surface area contributed by atoms with E-state index in [2.05, 4.69) is 11.9 Å². The van der Waals surface area contributed by atoms with E-state index in [0.717, 1.165) is 34.9 Å². The summed E-state index contributed by atoms with van der Waals surface area (Å²) in [4.78, 5) is 19.2. The number of aromatic nitrogens is 1. The molecule has 2 aromatic carbocycles. The molecule has 0 aliphatic carbocycles. The molecule has 0 fully saturated rings. The van der Waals surface area contributed by atoms with Crippen LogP contribution in [0.2, 0.25) is 0 Å². The van der Waals surface area contributed by atoms with Crippen molar-refractivity contribution in [3.63, 3.8) is 0 Å². The van der Waals surface area contributed by atoms with Gasteiger partial charge >= 0.3 is 0 Å². The molecule has 126 valence electrons. The third-order valence-electron chi connectivity index (χ3n) is 4.76. The number of hydrogen-bond donors (Lipinski definition) is 0. The van der Waals surface area contributed by atoms with Crippen LogP contribution in [0.5, 0.6) is 0 Å². The molecule has 2 heterocycles. The lowest BCUT2D eigenvalue weighted by atomic mass is 9.94. The number of nitrogens with zero attached hydrogens (tertiary/aromatic N) is 2. The second-order valence-electron chi connectivity index (χ2n) is 6.39. The van der Waals surface area contributed by atoms with E-state index in [9.17, 15) is 9.18 Å². The van der Waals surface area contributed by atoms with E-state index in [4.69, 9.17) is 0 Å². The number of unbranched alkanes of at least 4 members (excludes halogenated alkanes) is 1. The Balaban J connectivity index is 1.97. The van der Waals surface area contributed by atoms with Crippen LogP contribution in [0.1, 0.15) is 35.8 Å². The maximum atomic E-state index is 14.5. The van der Waals surface area contributed by atoms with Crippen LogP contribution >= 0.6 is 0 Å². The molecule has 0 radical (unpaired) electrons. The molecule has 0 atom stereocenters. The maximum absolute atomic E-state index is 14.5. The van der Waals surface area contributed by atoms with Gasteiger partial charge in [-0.3, -0.25) is 4.79 Å². The lowest BCUT2D eigenvalue weighted by molar-refractivity contribution is 0.0772. The average molecular weight is 334 g/mol. The van der Waals surface area contributed by atoms with Crippen molar-refractivity contribution >= 4 is 16.8 Å². The zero-order valence-electron chi connectivity index (χ0n) is 14.1. The van der Waals surface area contributed by atoms with Gasteiger partial charge in [0.15, 0.2) is 0 Å². The van der Waals surface area contributed by atoms with Gasteiger partial charge in [-0.05, 0) is 18.6 Å². The van der Waals surface area contributed by atoms with Crippen LogP contribution in [0.3, 0.4) is 0 Å². The summed E-state index contributed by atoms with van der Waals surface area (Å²) >= 11 is 0. The summed E-state index contributed by atoms with van der Waals surface area (Å²) in [6.45, 7) is 3.30. The van der Waals surface area contributed by atoms with Gasteiger partial charge < -0.3 is 4.90 Å². The lowest BCUT2D eigenvalue weighted by Crippen LogP contribution is -2.25. The molecule has 0 saturated heterocycles. The predicted octanol–water partition coefficient (Wildman–Crippen LogP) is 4.80. The van der Waals surface area contributed by atoms with E-state index >= 15 is 0 Å². The highest BCUT2D eigenvalue weighted by Crippen LogP contribution is 2.38. The van der Waals surface area contributed by atoms with Gasteiger partial charge in [-0.2, -0.15) is 0 Å². The molecule has 0 saturated carbocycles. The third kappa shape index (κ3) is 2.58. The van der Waals surface area contributed by atoms with Crippen molar-refractivity contribution < 1.29 is 9.18 Å². The van der Waals surface area contributed by atoms with Crippen molar-refractivity contribution in [1.29, 1.82) is 0 Å². The zero-order chi connectivity index (χ0) is 17.4. The van der Waals surface area contributed by atoms with Gasteiger partial charge in [0.1, 0.15) is 11.5 Å². The monoisotopic (exact) mass is 334 g/mol. The molecule has 0 N–H and O–H groups in total. The SMILES string of the molecule is CCCCN1Cc2c(nc3ccccc3c2-c2ccccc2F)C1=O. The zero-order valence-corrected chi connectivity index (χ0v) is 14.1. The first-order valence-electron chi connectivity index (χ1n) is 8.66. The van der Waals surface area contributed by atoms with Gasteiger partial charge in [-0.1, -0.05) is 49.7 Å². The lowest BCUT2D eigenvalue weighted by Gasteiger charge is -2.15. The fourth-order valence-corrected chi connectivity index (χ4v) is 3.50. The predicted molar refractivity (Wildman–Crippen MR) is 96.8 cm³/mol. The molecular formula is C21H19FN2O. The van der Waals surface area contributed by atoms with Crippen molar-refractivity contribution in [1.82, 2.24) is 9.88 Å². The minimum absolute atomic E-state index is 0.0493. The van der Waals surface area contributed by atoms with Gasteiger partial charge in [0.25, 0.3) is 5.91 Å². The third-order valence-corrected chi connectivity index (χ3v) is 4.76.